The van der Waals surface area contributed by atoms with Gasteiger partial charge in [0, 0.05) is 36.6 Å². The lowest BCUT2D eigenvalue weighted by molar-refractivity contribution is -0.121. The molecule has 1 aromatic heterocycles. The fourth-order valence-electron chi connectivity index (χ4n) is 2.58. The zero-order valence-corrected chi connectivity index (χ0v) is 14.6. The van der Waals surface area contributed by atoms with Crippen LogP contribution in [0.5, 0.6) is 0 Å². The molecule has 0 atom stereocenters. The first-order valence-corrected chi connectivity index (χ1v) is 8.50. The van der Waals surface area contributed by atoms with E-state index in [1.165, 1.54) is 24.3 Å². The average molecular weight is 366 g/mol. The van der Waals surface area contributed by atoms with Crippen LogP contribution in [0.2, 0.25) is 0 Å². The quantitative estimate of drug-likeness (QED) is 0.630. The lowest BCUT2D eigenvalue weighted by atomic mass is 10.2. The van der Waals surface area contributed by atoms with E-state index in [4.69, 9.17) is 0 Å². The van der Waals surface area contributed by atoms with E-state index >= 15 is 0 Å². The molecular weight excluding hydrogens is 347 g/mol. The third kappa shape index (κ3) is 5.01. The van der Waals surface area contributed by atoms with Gasteiger partial charge in [-0.1, -0.05) is 30.3 Å². The summed E-state index contributed by atoms with van der Waals surface area (Å²) >= 11 is 0. The Hall–Kier alpha value is -3.48. The molecule has 2 amide bonds. The van der Waals surface area contributed by atoms with E-state index in [9.17, 15) is 14.0 Å². The second-order valence-corrected chi connectivity index (χ2v) is 5.86. The van der Waals surface area contributed by atoms with E-state index < -0.39 is 5.82 Å². The Balaban J connectivity index is 1.45. The largest absolute Gasteiger partial charge is 0.353 e. The van der Waals surface area contributed by atoms with Crippen LogP contribution in [0.15, 0.2) is 67.0 Å². The highest BCUT2D eigenvalue weighted by molar-refractivity contribution is 5.94. The van der Waals surface area contributed by atoms with Crippen molar-refractivity contribution in [2.24, 2.45) is 0 Å². The minimum Gasteiger partial charge on any atom is -0.353 e. The predicted octanol–water partition coefficient (Wildman–Crippen LogP) is 2.24. The molecule has 0 aliphatic heterocycles. The van der Waals surface area contributed by atoms with Crippen LogP contribution in [-0.2, 0) is 11.3 Å². The number of imidazole rings is 1. The van der Waals surface area contributed by atoms with Gasteiger partial charge in [0.2, 0.25) is 5.91 Å². The third-order valence-electron chi connectivity index (χ3n) is 3.90. The summed E-state index contributed by atoms with van der Waals surface area (Å²) in [6, 6.07) is 14.9. The second-order valence-electron chi connectivity index (χ2n) is 5.86. The van der Waals surface area contributed by atoms with E-state index in [0.717, 1.165) is 11.4 Å². The summed E-state index contributed by atoms with van der Waals surface area (Å²) in [6.45, 7) is 0.703. The van der Waals surface area contributed by atoms with Crippen LogP contribution in [0.4, 0.5) is 4.39 Å². The second kappa shape index (κ2) is 8.75. The number of amides is 2. The normalized spacial score (nSPS) is 10.4. The maximum absolute atomic E-state index is 12.9. The zero-order chi connectivity index (χ0) is 19.1. The van der Waals surface area contributed by atoms with E-state index in [0.29, 0.717) is 12.1 Å². The van der Waals surface area contributed by atoms with Gasteiger partial charge < -0.3 is 15.2 Å². The summed E-state index contributed by atoms with van der Waals surface area (Å²) in [5.74, 6) is -0.171. The first-order chi connectivity index (χ1) is 13.1. The Bertz CT molecular complexity index is 907. The summed E-state index contributed by atoms with van der Waals surface area (Å²) in [4.78, 5) is 28.3. The van der Waals surface area contributed by atoms with Crippen molar-refractivity contribution in [1.82, 2.24) is 20.2 Å². The number of rotatable bonds is 7. The summed E-state index contributed by atoms with van der Waals surface area (Å²) in [7, 11) is 0. The van der Waals surface area contributed by atoms with Crippen molar-refractivity contribution in [1.29, 1.82) is 0 Å². The molecule has 0 saturated heterocycles. The van der Waals surface area contributed by atoms with Crippen molar-refractivity contribution >= 4 is 11.8 Å². The van der Waals surface area contributed by atoms with Gasteiger partial charge >= 0.3 is 0 Å². The van der Waals surface area contributed by atoms with Gasteiger partial charge in [-0.25, -0.2) is 9.37 Å². The van der Waals surface area contributed by atoms with Crippen LogP contribution in [0.3, 0.4) is 0 Å². The van der Waals surface area contributed by atoms with E-state index in [-0.39, 0.29) is 24.9 Å². The molecule has 7 heteroatoms. The zero-order valence-electron chi connectivity index (χ0n) is 14.6. The van der Waals surface area contributed by atoms with Crippen LogP contribution >= 0.6 is 0 Å². The molecule has 0 aliphatic rings. The summed E-state index contributed by atoms with van der Waals surface area (Å²) in [5.41, 5.74) is 1.30. The fourth-order valence-corrected chi connectivity index (χ4v) is 2.58. The number of carbonyl (C=O) groups excluding carboxylic acids is 2. The van der Waals surface area contributed by atoms with Gasteiger partial charge in [-0.05, 0) is 24.3 Å². The maximum atomic E-state index is 12.9. The summed E-state index contributed by atoms with van der Waals surface area (Å²) < 4.78 is 14.6. The lowest BCUT2D eigenvalue weighted by Crippen LogP contribution is -2.36. The number of halogens is 1. The fraction of sp³-hybridized carbons (Fsp3) is 0.150. The molecule has 3 rings (SSSR count). The van der Waals surface area contributed by atoms with Crippen LogP contribution in [0.25, 0.3) is 11.4 Å². The molecule has 0 spiro atoms. The molecule has 2 N–H and O–H groups in total. The Kier molecular flexibility index (Phi) is 5.94. The van der Waals surface area contributed by atoms with Gasteiger partial charge in [0.25, 0.3) is 5.91 Å². The molecule has 6 nitrogen and oxygen atoms in total. The van der Waals surface area contributed by atoms with Gasteiger partial charge in [0.1, 0.15) is 18.2 Å². The Morgan fingerprint density at radius 1 is 0.963 bits per heavy atom. The molecule has 0 radical (unpaired) electrons. The molecule has 3 aromatic rings. The number of benzene rings is 2. The molecule has 138 valence electrons. The highest BCUT2D eigenvalue weighted by Crippen LogP contribution is 2.16. The molecule has 0 bridgehead atoms. The van der Waals surface area contributed by atoms with Crippen molar-refractivity contribution in [3.05, 3.63) is 78.4 Å². The predicted molar refractivity (Wildman–Crippen MR) is 99.4 cm³/mol. The Morgan fingerprint density at radius 3 is 2.41 bits per heavy atom. The van der Waals surface area contributed by atoms with E-state index in [1.807, 2.05) is 30.3 Å². The number of aromatic nitrogens is 2. The topological polar surface area (TPSA) is 76.0 Å². The number of carbonyl (C=O) groups is 2. The summed E-state index contributed by atoms with van der Waals surface area (Å²) in [6.07, 6.45) is 3.40. The van der Waals surface area contributed by atoms with Gasteiger partial charge in [0.15, 0.2) is 0 Å². The van der Waals surface area contributed by atoms with Crippen LogP contribution < -0.4 is 10.6 Å². The molecule has 2 aromatic carbocycles. The van der Waals surface area contributed by atoms with Crippen molar-refractivity contribution in [3.8, 4) is 11.4 Å². The van der Waals surface area contributed by atoms with Crippen molar-refractivity contribution < 1.29 is 14.0 Å². The Morgan fingerprint density at radius 2 is 1.67 bits per heavy atom. The smallest absolute Gasteiger partial charge is 0.251 e. The van der Waals surface area contributed by atoms with Crippen LogP contribution in [0, 0.1) is 5.82 Å². The van der Waals surface area contributed by atoms with Crippen LogP contribution in [-0.4, -0.2) is 34.5 Å². The van der Waals surface area contributed by atoms with Gasteiger partial charge in [-0.3, -0.25) is 9.59 Å². The third-order valence-corrected chi connectivity index (χ3v) is 3.90. The van der Waals surface area contributed by atoms with Gasteiger partial charge in [0.05, 0.1) is 0 Å². The number of hydrogen-bond donors (Lipinski definition) is 2. The monoisotopic (exact) mass is 366 g/mol. The minimum atomic E-state index is -0.395. The first-order valence-electron chi connectivity index (χ1n) is 8.50. The summed E-state index contributed by atoms with van der Waals surface area (Å²) in [5, 5.41) is 5.43. The van der Waals surface area contributed by atoms with Gasteiger partial charge in [-0.2, -0.15) is 0 Å². The van der Waals surface area contributed by atoms with Gasteiger partial charge in [-0.15, -0.1) is 0 Å². The van der Waals surface area contributed by atoms with E-state index in [1.54, 1.807) is 17.0 Å². The number of nitrogens with zero attached hydrogens (tertiary/aromatic N) is 2. The molecule has 0 fully saturated rings. The molecule has 27 heavy (non-hydrogen) atoms. The Labute approximate surface area is 156 Å². The SMILES string of the molecule is O=C(Cn1ccnc1-c1ccccc1)NCCNC(=O)c1ccc(F)cc1. The molecule has 0 unspecified atom stereocenters. The average Bonchev–Trinajstić information content (AvgIpc) is 3.14. The minimum absolute atomic E-state index is 0.135. The van der Waals surface area contributed by atoms with Crippen molar-refractivity contribution in [2.45, 2.75) is 6.54 Å². The highest BCUT2D eigenvalue weighted by Gasteiger charge is 2.09. The number of nitrogens with one attached hydrogen (secondary N) is 2. The van der Waals surface area contributed by atoms with E-state index in [2.05, 4.69) is 15.6 Å². The highest BCUT2D eigenvalue weighted by atomic mass is 19.1. The maximum Gasteiger partial charge on any atom is 0.251 e. The van der Waals surface area contributed by atoms with Crippen molar-refractivity contribution in [3.63, 3.8) is 0 Å². The standard InChI is InChI=1S/C20H19FN4O2/c21-17-8-6-16(7-9-17)20(27)24-11-10-22-18(26)14-25-13-12-23-19(25)15-4-2-1-3-5-15/h1-9,12-13H,10-11,14H2,(H,22,26)(H,24,27). The first kappa shape index (κ1) is 18.3. The lowest BCUT2D eigenvalue weighted by Gasteiger charge is -2.10. The molecule has 1 heterocycles. The molecule has 0 saturated carbocycles. The number of hydrogen-bond acceptors (Lipinski definition) is 3. The molecule has 0 aliphatic carbocycles. The molecular formula is C20H19FN4O2. The van der Waals surface area contributed by atoms with Crippen molar-refractivity contribution in [2.75, 3.05) is 13.1 Å². The van der Waals surface area contributed by atoms with Crippen LogP contribution in [0.1, 0.15) is 10.4 Å².